The molecule has 10 heteroatoms. The molecule has 2 rings (SSSR count). The van der Waals surface area contributed by atoms with Crippen molar-refractivity contribution in [3.05, 3.63) is 62.6 Å². The summed E-state index contributed by atoms with van der Waals surface area (Å²) in [6.45, 7) is 4.02. The van der Waals surface area contributed by atoms with Crippen molar-refractivity contribution >= 4 is 43.2 Å². The third-order valence-corrected chi connectivity index (χ3v) is 6.91. The molecule has 8 nitrogen and oxygen atoms in total. The van der Waals surface area contributed by atoms with Crippen molar-refractivity contribution in [2.75, 3.05) is 18.4 Å². The Morgan fingerprint density at radius 3 is 2.41 bits per heavy atom. The molecule has 0 heterocycles. The molecule has 27 heavy (non-hydrogen) atoms. The van der Waals surface area contributed by atoms with E-state index in [1.165, 1.54) is 40.7 Å². The quantitative estimate of drug-likeness (QED) is 0.505. The normalized spacial score (nSPS) is 11.4. The van der Waals surface area contributed by atoms with Crippen LogP contribution in [0.2, 0.25) is 0 Å². The molecule has 0 atom stereocenters. The zero-order valence-corrected chi connectivity index (χ0v) is 17.1. The minimum absolute atomic E-state index is 0.0311. The van der Waals surface area contributed by atoms with Gasteiger partial charge in [-0.05, 0) is 40.2 Å². The average Bonchev–Trinajstić information content (AvgIpc) is 2.62. The van der Waals surface area contributed by atoms with Crippen LogP contribution in [-0.4, -0.2) is 36.6 Å². The fourth-order valence-corrected chi connectivity index (χ4v) is 4.89. The maximum atomic E-state index is 12.8. The molecule has 0 unspecified atom stereocenters. The van der Waals surface area contributed by atoms with Gasteiger partial charge in [-0.3, -0.25) is 14.9 Å². The number of rotatable bonds is 7. The third kappa shape index (κ3) is 4.52. The van der Waals surface area contributed by atoms with E-state index >= 15 is 0 Å². The first-order valence-corrected chi connectivity index (χ1v) is 10.3. The van der Waals surface area contributed by atoms with Crippen LogP contribution >= 0.6 is 15.9 Å². The highest BCUT2D eigenvalue weighted by Gasteiger charge is 2.25. The number of nitro groups is 1. The van der Waals surface area contributed by atoms with E-state index in [1.807, 2.05) is 0 Å². The predicted octanol–water partition coefficient (Wildman–Crippen LogP) is 3.64. The molecule has 0 saturated heterocycles. The Labute approximate surface area is 165 Å². The van der Waals surface area contributed by atoms with Crippen LogP contribution in [0.15, 0.2) is 51.8 Å². The van der Waals surface area contributed by atoms with Gasteiger partial charge in [0.15, 0.2) is 0 Å². The van der Waals surface area contributed by atoms with Crippen LogP contribution in [-0.2, 0) is 10.0 Å². The number of carbonyl (C=O) groups excluding carboxylic acids is 1. The molecule has 0 aliphatic carbocycles. The van der Waals surface area contributed by atoms with Crippen molar-refractivity contribution in [1.82, 2.24) is 4.31 Å². The highest BCUT2D eigenvalue weighted by atomic mass is 79.9. The summed E-state index contributed by atoms with van der Waals surface area (Å²) in [6.07, 6.45) is 0. The summed E-state index contributed by atoms with van der Waals surface area (Å²) in [5, 5.41) is 13.5. The summed E-state index contributed by atoms with van der Waals surface area (Å²) in [4.78, 5) is 23.0. The average molecular weight is 456 g/mol. The second-order valence-electron chi connectivity index (χ2n) is 5.46. The number of benzene rings is 2. The van der Waals surface area contributed by atoms with Crippen LogP contribution in [0.3, 0.4) is 0 Å². The molecule has 2 aromatic carbocycles. The molecule has 0 radical (unpaired) electrons. The molecule has 0 bridgehead atoms. The van der Waals surface area contributed by atoms with Crippen LogP contribution in [0.5, 0.6) is 0 Å². The zero-order chi connectivity index (χ0) is 20.2. The molecule has 2 aromatic rings. The van der Waals surface area contributed by atoms with Crippen molar-refractivity contribution in [2.45, 2.75) is 18.7 Å². The molecule has 0 aromatic heterocycles. The third-order valence-electron chi connectivity index (χ3n) is 3.87. The lowest BCUT2D eigenvalue weighted by molar-refractivity contribution is -0.383. The van der Waals surface area contributed by atoms with Gasteiger partial charge in [0, 0.05) is 29.2 Å². The van der Waals surface area contributed by atoms with Crippen molar-refractivity contribution in [1.29, 1.82) is 0 Å². The van der Waals surface area contributed by atoms with Crippen molar-refractivity contribution in [3.63, 3.8) is 0 Å². The van der Waals surface area contributed by atoms with E-state index in [4.69, 9.17) is 0 Å². The van der Waals surface area contributed by atoms with E-state index in [0.29, 0.717) is 4.47 Å². The summed E-state index contributed by atoms with van der Waals surface area (Å²) in [5.74, 6) is -0.646. The lowest BCUT2D eigenvalue weighted by Crippen LogP contribution is -2.31. The molecule has 1 N–H and O–H groups in total. The first-order valence-electron chi connectivity index (χ1n) is 8.06. The largest absolute Gasteiger partial charge is 0.316 e. The van der Waals surface area contributed by atoms with Crippen LogP contribution in [0, 0.1) is 10.1 Å². The minimum atomic E-state index is -3.78. The molecule has 144 valence electrons. The van der Waals surface area contributed by atoms with Crippen LogP contribution in [0.1, 0.15) is 24.2 Å². The number of hydrogen-bond donors (Lipinski definition) is 1. The Morgan fingerprint density at radius 1 is 1.19 bits per heavy atom. The highest BCUT2D eigenvalue weighted by Crippen LogP contribution is 2.28. The molecule has 0 saturated carbocycles. The number of halogens is 1. The number of nitro benzene ring substituents is 1. The maximum Gasteiger partial charge on any atom is 0.292 e. The van der Waals surface area contributed by atoms with Crippen LogP contribution in [0.25, 0.3) is 0 Å². The van der Waals surface area contributed by atoms with Gasteiger partial charge in [0.2, 0.25) is 10.0 Å². The first-order chi connectivity index (χ1) is 12.7. The van der Waals surface area contributed by atoms with Gasteiger partial charge in [-0.1, -0.05) is 26.0 Å². The molecule has 0 aliphatic rings. The van der Waals surface area contributed by atoms with Gasteiger partial charge in [0.05, 0.1) is 9.82 Å². The van der Waals surface area contributed by atoms with E-state index < -0.39 is 20.9 Å². The van der Waals surface area contributed by atoms with E-state index in [9.17, 15) is 23.3 Å². The topological polar surface area (TPSA) is 110 Å². The van der Waals surface area contributed by atoms with Gasteiger partial charge in [-0.2, -0.15) is 4.31 Å². The number of hydrogen-bond acceptors (Lipinski definition) is 5. The number of amides is 1. The lowest BCUT2D eigenvalue weighted by atomic mass is 10.2. The van der Waals surface area contributed by atoms with Gasteiger partial charge in [-0.25, -0.2) is 8.42 Å². The van der Waals surface area contributed by atoms with Gasteiger partial charge < -0.3 is 5.32 Å². The van der Waals surface area contributed by atoms with Gasteiger partial charge in [0.1, 0.15) is 5.69 Å². The van der Waals surface area contributed by atoms with Crippen molar-refractivity contribution in [3.8, 4) is 0 Å². The number of carbonyl (C=O) groups is 1. The highest BCUT2D eigenvalue weighted by molar-refractivity contribution is 9.10. The second kappa shape index (κ2) is 8.59. The summed E-state index contributed by atoms with van der Waals surface area (Å²) in [7, 11) is -3.78. The van der Waals surface area contributed by atoms with Crippen LogP contribution in [0.4, 0.5) is 11.4 Å². The molecule has 0 aliphatic heterocycles. The second-order valence-corrected chi connectivity index (χ2v) is 8.22. The van der Waals surface area contributed by atoms with Crippen LogP contribution < -0.4 is 5.32 Å². The number of sulfonamides is 1. The van der Waals surface area contributed by atoms with E-state index in [2.05, 4.69) is 21.2 Å². The Balaban J connectivity index is 2.41. The summed E-state index contributed by atoms with van der Waals surface area (Å²) in [6, 6.07) is 9.88. The monoisotopic (exact) mass is 455 g/mol. The lowest BCUT2D eigenvalue weighted by Gasteiger charge is -2.19. The van der Waals surface area contributed by atoms with E-state index in [0.717, 1.165) is 0 Å². The molecular weight excluding hydrogens is 438 g/mol. The maximum absolute atomic E-state index is 12.8. The number of anilines is 1. The molecule has 0 fully saturated rings. The van der Waals surface area contributed by atoms with Gasteiger partial charge in [-0.15, -0.1) is 0 Å². The van der Waals surface area contributed by atoms with Crippen molar-refractivity contribution < 1.29 is 18.1 Å². The fourth-order valence-electron chi connectivity index (χ4n) is 2.48. The smallest absolute Gasteiger partial charge is 0.292 e. The first kappa shape index (κ1) is 21.0. The Bertz CT molecular complexity index is 974. The fraction of sp³-hybridized carbons (Fsp3) is 0.235. The Kier molecular flexibility index (Phi) is 6.68. The molecular formula is C17H18BrN3O5S. The standard InChI is InChI=1S/C17H18BrN3O5S/c1-3-20(4-2)27(25,26)16-11-12(9-10-13(16)18)17(22)19-14-7-5-6-8-15(14)21(23)24/h5-11H,3-4H2,1-2H3,(H,19,22). The minimum Gasteiger partial charge on any atom is -0.316 e. The van der Waals surface area contributed by atoms with E-state index in [-0.39, 0.29) is 34.9 Å². The number of para-hydroxylation sites is 2. The van der Waals surface area contributed by atoms with Gasteiger partial charge >= 0.3 is 0 Å². The Morgan fingerprint density at radius 2 is 1.81 bits per heavy atom. The number of nitrogens with zero attached hydrogens (tertiary/aromatic N) is 2. The Hall–Kier alpha value is -2.30. The predicted molar refractivity (Wildman–Crippen MR) is 105 cm³/mol. The summed E-state index contributed by atoms with van der Waals surface area (Å²) >= 11 is 3.21. The number of nitrogens with one attached hydrogen (secondary N) is 1. The van der Waals surface area contributed by atoms with E-state index in [1.54, 1.807) is 19.9 Å². The zero-order valence-electron chi connectivity index (χ0n) is 14.7. The summed E-state index contributed by atoms with van der Waals surface area (Å²) in [5.41, 5.74) is -0.149. The summed E-state index contributed by atoms with van der Waals surface area (Å²) < 4.78 is 27.1. The van der Waals surface area contributed by atoms with Crippen molar-refractivity contribution in [2.24, 2.45) is 0 Å². The van der Waals surface area contributed by atoms with Gasteiger partial charge in [0.25, 0.3) is 11.6 Å². The SMILES string of the molecule is CCN(CC)S(=O)(=O)c1cc(C(=O)Nc2ccccc2[N+](=O)[O-])ccc1Br. The molecule has 0 spiro atoms. The molecule has 1 amide bonds.